The van der Waals surface area contributed by atoms with Gasteiger partial charge in [-0.15, -0.1) is 0 Å². The molecule has 0 bridgehead atoms. The third-order valence-electron chi connectivity index (χ3n) is 7.71. The van der Waals surface area contributed by atoms with Crippen molar-refractivity contribution in [1.82, 2.24) is 19.9 Å². The molecule has 1 N–H and O–H groups in total. The predicted molar refractivity (Wildman–Crippen MR) is 161 cm³/mol. The van der Waals surface area contributed by atoms with Crippen molar-refractivity contribution in [3.05, 3.63) is 84.2 Å². The molecule has 44 heavy (non-hydrogen) atoms. The second kappa shape index (κ2) is 9.88. The Balaban J connectivity index is 1.50. The first-order valence-electron chi connectivity index (χ1n) is 13.3. The molecule has 5 heterocycles. The summed E-state index contributed by atoms with van der Waals surface area (Å²) in [5.41, 5.74) is 3.43. The van der Waals surface area contributed by atoms with E-state index in [0.29, 0.717) is 50.2 Å². The maximum absolute atomic E-state index is 14.6. The van der Waals surface area contributed by atoms with Gasteiger partial charge in [0.05, 0.1) is 46.8 Å². The first-order chi connectivity index (χ1) is 21.0. The van der Waals surface area contributed by atoms with Gasteiger partial charge in [0.25, 0.3) is 5.91 Å². The fourth-order valence-corrected chi connectivity index (χ4v) is 5.94. The van der Waals surface area contributed by atoms with Crippen molar-refractivity contribution in [3.8, 4) is 39.7 Å². The minimum Gasteiger partial charge on any atom is -0.470 e. The van der Waals surface area contributed by atoms with E-state index in [0.717, 1.165) is 16.8 Å². The maximum Gasteiger partial charge on any atom is 0.255 e. The van der Waals surface area contributed by atoms with Gasteiger partial charge in [0.15, 0.2) is 12.5 Å². The number of amides is 1. The van der Waals surface area contributed by atoms with E-state index in [-0.39, 0.29) is 29.3 Å². The van der Waals surface area contributed by atoms with Crippen molar-refractivity contribution in [2.45, 2.75) is 6.73 Å². The van der Waals surface area contributed by atoms with Crippen LogP contribution in [-0.2, 0) is 16.8 Å². The van der Waals surface area contributed by atoms with E-state index in [9.17, 15) is 22.0 Å². The van der Waals surface area contributed by atoms with E-state index in [1.165, 1.54) is 44.4 Å². The van der Waals surface area contributed by atoms with Crippen molar-refractivity contribution in [2.24, 2.45) is 0 Å². The second-order valence-corrected chi connectivity index (χ2v) is 12.3. The molecule has 0 atom stereocenters. The Morgan fingerprint density at radius 1 is 1.05 bits per heavy atom. The number of fused-ring (bicyclic) bond motifs is 6. The van der Waals surface area contributed by atoms with Crippen LogP contribution in [0.1, 0.15) is 10.4 Å². The zero-order valence-corrected chi connectivity index (χ0v) is 24.4. The normalized spacial score (nSPS) is 12.6. The highest BCUT2D eigenvalue weighted by Gasteiger charge is 2.28. The number of hydrogen-bond acceptors (Lipinski definition) is 7. The minimum atomic E-state index is -3.76. The number of halogens is 2. The Kier molecular flexibility index (Phi) is 6.18. The van der Waals surface area contributed by atoms with Gasteiger partial charge in [-0.3, -0.25) is 14.1 Å². The van der Waals surface area contributed by atoms with Gasteiger partial charge in [-0.05, 0) is 48.5 Å². The summed E-state index contributed by atoms with van der Waals surface area (Å²) in [6.45, 7) is 0.128. The number of benzene rings is 2. The summed E-state index contributed by atoms with van der Waals surface area (Å²) in [5.74, 6) is -0.736. The maximum atomic E-state index is 14.6. The van der Waals surface area contributed by atoms with Crippen LogP contribution in [0.5, 0.6) is 5.75 Å². The number of hydrogen-bond donors (Lipinski definition) is 1. The largest absolute Gasteiger partial charge is 0.470 e. The number of nitrogens with zero attached hydrogens (tertiary/aromatic N) is 4. The van der Waals surface area contributed by atoms with Crippen LogP contribution in [0.15, 0.2) is 71.4 Å². The zero-order chi connectivity index (χ0) is 30.9. The summed E-state index contributed by atoms with van der Waals surface area (Å²) in [4.78, 5) is 22.0. The number of nitrogens with one attached hydrogen (secondary N) is 1. The summed E-state index contributed by atoms with van der Waals surface area (Å²) in [6, 6.07) is 13.7. The molecule has 2 aromatic carbocycles. The van der Waals surface area contributed by atoms with Gasteiger partial charge in [-0.25, -0.2) is 22.2 Å². The molecule has 0 fully saturated rings. The van der Waals surface area contributed by atoms with Crippen molar-refractivity contribution in [1.29, 1.82) is 0 Å². The Morgan fingerprint density at radius 2 is 1.82 bits per heavy atom. The SMILES string of the molecule is CNC(=O)c1c(-c2ccc(F)cc2)oc2cc(N(C)S(C)(=O)=O)c(-c3ccc4c(n3)-c3cc5c(F)cncc5n3CO4)cc12. The van der Waals surface area contributed by atoms with Crippen molar-refractivity contribution >= 4 is 43.5 Å². The first kappa shape index (κ1) is 27.5. The van der Waals surface area contributed by atoms with E-state index in [2.05, 4.69) is 10.3 Å². The molecule has 0 aliphatic carbocycles. The fraction of sp³-hybridized carbons (Fsp3) is 0.129. The van der Waals surface area contributed by atoms with Crippen LogP contribution in [0, 0.1) is 11.6 Å². The third-order valence-corrected chi connectivity index (χ3v) is 8.90. The molecule has 13 heteroatoms. The third kappa shape index (κ3) is 4.27. The number of carbonyl (C=O) groups excluding carboxylic acids is 1. The lowest BCUT2D eigenvalue weighted by atomic mass is 10.0. The molecule has 222 valence electrons. The Labute approximate surface area is 249 Å². The van der Waals surface area contributed by atoms with Crippen LogP contribution in [0.4, 0.5) is 14.5 Å². The smallest absolute Gasteiger partial charge is 0.255 e. The topological polar surface area (TPSA) is 120 Å². The summed E-state index contributed by atoms with van der Waals surface area (Å²) in [7, 11) is -0.880. The molecule has 0 saturated heterocycles. The summed E-state index contributed by atoms with van der Waals surface area (Å²) < 4.78 is 68.8. The van der Waals surface area contributed by atoms with Gasteiger partial charge in [-0.1, -0.05) is 0 Å². The number of ether oxygens (including phenoxy) is 1. The van der Waals surface area contributed by atoms with Crippen molar-refractivity contribution < 1.29 is 31.1 Å². The number of carbonyl (C=O) groups is 1. The predicted octanol–water partition coefficient (Wildman–Crippen LogP) is 5.56. The van der Waals surface area contributed by atoms with Crippen molar-refractivity contribution in [3.63, 3.8) is 0 Å². The van der Waals surface area contributed by atoms with Crippen LogP contribution in [0.2, 0.25) is 0 Å². The lowest BCUT2D eigenvalue weighted by molar-refractivity contribution is 0.0964. The number of rotatable bonds is 5. The molecule has 1 aliphatic rings. The molecule has 10 nitrogen and oxygen atoms in total. The van der Waals surface area contributed by atoms with Gasteiger partial charge < -0.3 is 19.0 Å². The molecular formula is C31H23F2N5O5S. The molecule has 1 aliphatic heterocycles. The Bertz CT molecular complexity index is 2260. The number of aromatic nitrogens is 3. The Hall–Kier alpha value is -5.30. The summed E-state index contributed by atoms with van der Waals surface area (Å²) in [6.07, 6.45) is 3.75. The lowest BCUT2D eigenvalue weighted by Gasteiger charge is -2.23. The van der Waals surface area contributed by atoms with Crippen molar-refractivity contribution in [2.75, 3.05) is 24.7 Å². The molecule has 0 saturated carbocycles. The van der Waals surface area contributed by atoms with Crippen LogP contribution in [-0.4, -0.2) is 49.2 Å². The fourth-order valence-electron chi connectivity index (χ4n) is 5.43. The van der Waals surface area contributed by atoms with Crippen LogP contribution in [0.3, 0.4) is 0 Å². The quantitative estimate of drug-likeness (QED) is 0.270. The summed E-state index contributed by atoms with van der Waals surface area (Å²) in [5, 5.41) is 3.37. The van der Waals surface area contributed by atoms with E-state index >= 15 is 0 Å². The molecule has 1 amide bonds. The van der Waals surface area contributed by atoms with Crippen LogP contribution in [0.25, 0.3) is 55.8 Å². The standard InChI is InChI=1S/C31H23F2N5O5S/c1-34-31(39)28-20-10-19(23(37(2)44(3,40)41)12-27(20)43-30(28)16-4-6-17(32)7-5-16)22-8-9-26-29(36-22)24-11-18-21(33)13-35-14-25(18)38(24)15-42-26/h4-14H,15H2,1-3H3,(H,34,39). The average molecular weight is 616 g/mol. The minimum absolute atomic E-state index is 0.128. The second-order valence-electron chi connectivity index (χ2n) is 10.3. The molecule has 7 rings (SSSR count). The molecular weight excluding hydrogens is 592 g/mol. The van der Waals surface area contributed by atoms with Gasteiger partial charge in [0, 0.05) is 42.1 Å². The number of sulfonamides is 1. The van der Waals surface area contributed by atoms with Crippen LogP contribution >= 0.6 is 0 Å². The Morgan fingerprint density at radius 3 is 2.55 bits per heavy atom. The van der Waals surface area contributed by atoms with E-state index in [4.69, 9.17) is 14.1 Å². The van der Waals surface area contributed by atoms with Gasteiger partial charge >= 0.3 is 0 Å². The monoisotopic (exact) mass is 615 g/mol. The number of furan rings is 1. The highest BCUT2D eigenvalue weighted by atomic mass is 32.2. The number of pyridine rings is 2. The molecule has 4 aromatic heterocycles. The van der Waals surface area contributed by atoms with Gasteiger partial charge in [0.2, 0.25) is 10.0 Å². The molecule has 6 aromatic rings. The summed E-state index contributed by atoms with van der Waals surface area (Å²) >= 11 is 0. The number of anilines is 1. The molecule has 0 unspecified atom stereocenters. The van der Waals surface area contributed by atoms with Crippen LogP contribution < -0.4 is 14.4 Å². The van der Waals surface area contributed by atoms with Gasteiger partial charge in [0.1, 0.15) is 28.6 Å². The first-order valence-corrected chi connectivity index (χ1v) is 15.2. The van der Waals surface area contributed by atoms with E-state index < -0.39 is 27.6 Å². The van der Waals surface area contributed by atoms with Gasteiger partial charge in [-0.2, -0.15) is 0 Å². The molecule has 0 spiro atoms. The average Bonchev–Trinajstić information content (AvgIpc) is 3.59. The lowest BCUT2D eigenvalue weighted by Crippen LogP contribution is -2.25. The highest BCUT2D eigenvalue weighted by molar-refractivity contribution is 7.92. The van der Waals surface area contributed by atoms with E-state index in [1.807, 2.05) is 0 Å². The zero-order valence-electron chi connectivity index (χ0n) is 23.6. The highest BCUT2D eigenvalue weighted by Crippen LogP contribution is 2.43. The van der Waals surface area contributed by atoms with E-state index in [1.54, 1.807) is 35.0 Å². The molecule has 0 radical (unpaired) electrons.